The molecule has 3 aromatic carbocycles. The number of benzene rings is 3. The van der Waals surface area contributed by atoms with Gasteiger partial charge < -0.3 is 4.74 Å². The molecular formula is C25H23NO2S2. The van der Waals surface area contributed by atoms with Crippen LogP contribution in [0, 0.1) is 6.92 Å². The molecule has 0 bridgehead atoms. The van der Waals surface area contributed by atoms with Crippen molar-refractivity contribution in [1.29, 1.82) is 0 Å². The molecule has 0 radical (unpaired) electrons. The smallest absolute Gasteiger partial charge is 0.270 e. The summed E-state index contributed by atoms with van der Waals surface area (Å²) in [5, 5.41) is 2.17. The molecule has 0 N–H and O–H groups in total. The molecule has 1 amide bonds. The standard InChI is InChI=1S/C25H23NO2S2/c1-3-4-15-28-22-14-13-18-10-6-7-11-19(18)20(22)16-23-24(27)26(25(29)30-23)21-12-8-5-9-17(21)2/h5-14,16H,3-4,15H2,1-2H3/b23-16+. The summed E-state index contributed by atoms with van der Waals surface area (Å²) in [7, 11) is 0. The first-order valence-electron chi connectivity index (χ1n) is 10.1. The van der Waals surface area contributed by atoms with Crippen molar-refractivity contribution in [3.05, 3.63) is 76.7 Å². The van der Waals surface area contributed by atoms with Crippen molar-refractivity contribution in [1.82, 2.24) is 0 Å². The summed E-state index contributed by atoms with van der Waals surface area (Å²) in [6.07, 6.45) is 3.99. The molecule has 1 aliphatic rings. The highest BCUT2D eigenvalue weighted by molar-refractivity contribution is 8.27. The molecule has 1 fully saturated rings. The summed E-state index contributed by atoms with van der Waals surface area (Å²) in [5.41, 5.74) is 2.78. The number of carbonyl (C=O) groups excluding carboxylic acids is 1. The molecule has 0 spiro atoms. The van der Waals surface area contributed by atoms with Gasteiger partial charge in [0, 0.05) is 5.56 Å². The van der Waals surface area contributed by atoms with E-state index in [1.807, 2.05) is 55.5 Å². The fourth-order valence-electron chi connectivity index (χ4n) is 3.50. The number of carbonyl (C=O) groups is 1. The second kappa shape index (κ2) is 9.02. The highest BCUT2D eigenvalue weighted by Gasteiger charge is 2.34. The Morgan fingerprint density at radius 1 is 1.07 bits per heavy atom. The number of hydrogen-bond donors (Lipinski definition) is 0. The molecule has 1 saturated heterocycles. The molecule has 30 heavy (non-hydrogen) atoms. The fourth-order valence-corrected chi connectivity index (χ4v) is 4.76. The maximum absolute atomic E-state index is 13.3. The largest absolute Gasteiger partial charge is 0.493 e. The van der Waals surface area contributed by atoms with E-state index in [1.54, 1.807) is 4.90 Å². The van der Waals surface area contributed by atoms with Crippen molar-refractivity contribution in [3.8, 4) is 5.75 Å². The van der Waals surface area contributed by atoms with Gasteiger partial charge in [-0.3, -0.25) is 9.69 Å². The van der Waals surface area contributed by atoms with Gasteiger partial charge in [0.25, 0.3) is 5.91 Å². The van der Waals surface area contributed by atoms with E-state index < -0.39 is 0 Å². The Morgan fingerprint density at radius 3 is 2.63 bits per heavy atom. The van der Waals surface area contributed by atoms with Crippen LogP contribution in [0.1, 0.15) is 30.9 Å². The molecule has 4 rings (SSSR count). The third-order valence-corrected chi connectivity index (χ3v) is 6.41. The summed E-state index contributed by atoms with van der Waals surface area (Å²) in [5.74, 6) is 0.704. The number of amides is 1. The third kappa shape index (κ3) is 4.00. The lowest BCUT2D eigenvalue weighted by Crippen LogP contribution is -2.28. The number of nitrogens with zero attached hydrogens (tertiary/aromatic N) is 1. The number of ether oxygens (including phenoxy) is 1. The Bertz CT molecular complexity index is 1150. The van der Waals surface area contributed by atoms with E-state index in [1.165, 1.54) is 11.8 Å². The zero-order valence-electron chi connectivity index (χ0n) is 17.1. The third-order valence-electron chi connectivity index (χ3n) is 5.11. The van der Waals surface area contributed by atoms with E-state index >= 15 is 0 Å². The number of anilines is 1. The Hall–Kier alpha value is -2.63. The van der Waals surface area contributed by atoms with Crippen molar-refractivity contribution < 1.29 is 9.53 Å². The molecule has 0 aromatic heterocycles. The molecule has 0 saturated carbocycles. The van der Waals surface area contributed by atoms with Gasteiger partial charge in [-0.05, 0) is 47.9 Å². The van der Waals surface area contributed by atoms with Gasteiger partial charge in [-0.2, -0.15) is 0 Å². The molecule has 1 aliphatic heterocycles. The predicted molar refractivity (Wildman–Crippen MR) is 131 cm³/mol. The number of fused-ring (bicyclic) bond motifs is 1. The van der Waals surface area contributed by atoms with Crippen LogP contribution in [0.4, 0.5) is 5.69 Å². The normalized spacial score (nSPS) is 15.4. The van der Waals surface area contributed by atoms with Crippen LogP contribution in [-0.2, 0) is 4.79 Å². The van der Waals surface area contributed by atoms with Gasteiger partial charge in [-0.25, -0.2) is 0 Å². The van der Waals surface area contributed by atoms with Crippen molar-refractivity contribution in [2.45, 2.75) is 26.7 Å². The van der Waals surface area contributed by atoms with Crippen molar-refractivity contribution in [2.24, 2.45) is 0 Å². The van der Waals surface area contributed by atoms with E-state index in [2.05, 4.69) is 25.1 Å². The Morgan fingerprint density at radius 2 is 1.83 bits per heavy atom. The predicted octanol–water partition coefficient (Wildman–Crippen LogP) is 6.73. The van der Waals surface area contributed by atoms with Crippen LogP contribution >= 0.6 is 24.0 Å². The second-order valence-corrected chi connectivity index (χ2v) is 8.88. The Kier molecular flexibility index (Phi) is 6.21. The summed E-state index contributed by atoms with van der Waals surface area (Å²) >= 11 is 6.90. The first-order valence-corrected chi connectivity index (χ1v) is 11.3. The first kappa shape index (κ1) is 20.6. The summed E-state index contributed by atoms with van der Waals surface area (Å²) < 4.78 is 6.63. The van der Waals surface area contributed by atoms with Crippen molar-refractivity contribution >= 4 is 56.7 Å². The lowest BCUT2D eigenvalue weighted by Gasteiger charge is -2.17. The van der Waals surface area contributed by atoms with E-state index in [0.29, 0.717) is 15.8 Å². The van der Waals surface area contributed by atoms with Gasteiger partial charge in [-0.15, -0.1) is 0 Å². The minimum Gasteiger partial charge on any atom is -0.493 e. The first-order chi connectivity index (χ1) is 14.6. The fraction of sp³-hybridized carbons (Fsp3) is 0.200. The minimum absolute atomic E-state index is 0.0910. The Labute approximate surface area is 186 Å². The van der Waals surface area contributed by atoms with E-state index in [4.69, 9.17) is 17.0 Å². The number of thioether (sulfide) groups is 1. The van der Waals surface area contributed by atoms with Gasteiger partial charge in [-0.1, -0.05) is 85.9 Å². The highest BCUT2D eigenvalue weighted by Crippen LogP contribution is 2.39. The summed E-state index contributed by atoms with van der Waals surface area (Å²) in [6.45, 7) is 4.78. The van der Waals surface area contributed by atoms with Crippen LogP contribution in [0.15, 0.2) is 65.6 Å². The molecule has 152 valence electrons. The molecule has 0 aliphatic carbocycles. The van der Waals surface area contributed by atoms with Gasteiger partial charge in [0.2, 0.25) is 0 Å². The molecule has 5 heteroatoms. The van der Waals surface area contributed by atoms with Crippen LogP contribution in [0.3, 0.4) is 0 Å². The van der Waals surface area contributed by atoms with Crippen molar-refractivity contribution in [3.63, 3.8) is 0 Å². The lowest BCUT2D eigenvalue weighted by atomic mass is 10.0. The van der Waals surface area contributed by atoms with Crippen LogP contribution in [0.2, 0.25) is 0 Å². The number of hydrogen-bond acceptors (Lipinski definition) is 4. The van der Waals surface area contributed by atoms with Crippen molar-refractivity contribution in [2.75, 3.05) is 11.5 Å². The average molecular weight is 434 g/mol. The van der Waals surface area contributed by atoms with Crippen LogP contribution in [-0.4, -0.2) is 16.8 Å². The summed E-state index contributed by atoms with van der Waals surface area (Å²) in [6, 6.07) is 20.0. The zero-order valence-corrected chi connectivity index (χ0v) is 18.7. The van der Waals surface area contributed by atoms with Crippen LogP contribution < -0.4 is 9.64 Å². The zero-order chi connectivity index (χ0) is 21.1. The maximum atomic E-state index is 13.3. The monoisotopic (exact) mass is 433 g/mol. The van der Waals surface area contributed by atoms with E-state index in [-0.39, 0.29) is 5.91 Å². The topological polar surface area (TPSA) is 29.5 Å². The van der Waals surface area contributed by atoms with E-state index in [9.17, 15) is 4.79 Å². The summed E-state index contributed by atoms with van der Waals surface area (Å²) in [4.78, 5) is 15.5. The number of aryl methyl sites for hydroxylation is 1. The minimum atomic E-state index is -0.0910. The SMILES string of the molecule is CCCCOc1ccc2ccccc2c1/C=C1/SC(=S)N(c2ccccc2C)C1=O. The van der Waals surface area contributed by atoms with Crippen LogP contribution in [0.25, 0.3) is 16.8 Å². The second-order valence-electron chi connectivity index (χ2n) is 7.20. The van der Waals surface area contributed by atoms with Gasteiger partial charge in [0.15, 0.2) is 4.32 Å². The lowest BCUT2D eigenvalue weighted by molar-refractivity contribution is -0.113. The van der Waals surface area contributed by atoms with E-state index in [0.717, 1.165) is 46.2 Å². The van der Waals surface area contributed by atoms with Crippen LogP contribution in [0.5, 0.6) is 5.75 Å². The number of thiocarbonyl (C=S) groups is 1. The molecule has 3 aromatic rings. The molecule has 0 unspecified atom stereocenters. The molecule has 1 heterocycles. The van der Waals surface area contributed by atoms with Gasteiger partial charge >= 0.3 is 0 Å². The molecular weight excluding hydrogens is 410 g/mol. The molecule has 0 atom stereocenters. The quantitative estimate of drug-likeness (QED) is 0.245. The Balaban J connectivity index is 1.77. The van der Waals surface area contributed by atoms with Gasteiger partial charge in [0.05, 0.1) is 17.2 Å². The highest BCUT2D eigenvalue weighted by atomic mass is 32.2. The maximum Gasteiger partial charge on any atom is 0.270 e. The molecule has 3 nitrogen and oxygen atoms in total. The number of rotatable bonds is 6. The number of unbranched alkanes of at least 4 members (excludes halogenated alkanes) is 1. The number of para-hydroxylation sites is 1. The van der Waals surface area contributed by atoms with Gasteiger partial charge in [0.1, 0.15) is 5.75 Å². The average Bonchev–Trinajstić information content (AvgIpc) is 3.03.